The molecule has 0 N–H and O–H groups in total. The van der Waals surface area contributed by atoms with E-state index < -0.39 is 0 Å². The maximum absolute atomic E-state index is 12.9. The Morgan fingerprint density at radius 3 is 2.75 bits per heavy atom. The van der Waals surface area contributed by atoms with E-state index in [1.807, 2.05) is 4.90 Å². The lowest BCUT2D eigenvalue weighted by Gasteiger charge is -2.32. The third-order valence-corrected chi connectivity index (χ3v) is 6.03. The fourth-order valence-corrected chi connectivity index (χ4v) is 4.16. The van der Waals surface area contributed by atoms with Crippen molar-refractivity contribution in [3.63, 3.8) is 0 Å². The highest BCUT2D eigenvalue weighted by Crippen LogP contribution is 2.38. The lowest BCUT2D eigenvalue weighted by molar-refractivity contribution is 0.0675. The molecular formula is C20H25N5O3. The van der Waals surface area contributed by atoms with Crippen molar-refractivity contribution in [1.82, 2.24) is 24.2 Å². The normalized spacial score (nSPS) is 19.9. The van der Waals surface area contributed by atoms with Gasteiger partial charge in [-0.25, -0.2) is 9.67 Å². The number of amides is 1. The van der Waals surface area contributed by atoms with Crippen LogP contribution in [0.4, 0.5) is 0 Å². The van der Waals surface area contributed by atoms with Crippen LogP contribution in [0.3, 0.4) is 0 Å². The smallest absolute Gasteiger partial charge is 0.260 e. The summed E-state index contributed by atoms with van der Waals surface area (Å²) in [7, 11) is 0. The van der Waals surface area contributed by atoms with Crippen LogP contribution in [-0.4, -0.2) is 49.8 Å². The summed E-state index contributed by atoms with van der Waals surface area (Å²) in [4.78, 5) is 31.6. The molecule has 8 nitrogen and oxygen atoms in total. The molecule has 148 valence electrons. The first-order valence-electron chi connectivity index (χ1n) is 10.2. The van der Waals surface area contributed by atoms with E-state index in [1.165, 1.54) is 0 Å². The Hall–Kier alpha value is -2.64. The summed E-state index contributed by atoms with van der Waals surface area (Å²) in [6.07, 6.45) is 8.30. The van der Waals surface area contributed by atoms with Crippen molar-refractivity contribution >= 4 is 5.91 Å². The Morgan fingerprint density at radius 2 is 2.00 bits per heavy atom. The van der Waals surface area contributed by atoms with Gasteiger partial charge in [-0.15, -0.1) is 0 Å². The first-order chi connectivity index (χ1) is 13.7. The van der Waals surface area contributed by atoms with Gasteiger partial charge >= 0.3 is 0 Å². The topological polar surface area (TPSA) is 82.2 Å². The van der Waals surface area contributed by atoms with E-state index >= 15 is 0 Å². The predicted octanol–water partition coefficient (Wildman–Crippen LogP) is 1.65. The lowest BCUT2D eigenvalue weighted by atomic mass is 9.96. The second-order valence-electron chi connectivity index (χ2n) is 8.10. The number of carbonyl (C=O) groups is 1. The van der Waals surface area contributed by atoms with Crippen LogP contribution in [0.5, 0.6) is 5.88 Å². The van der Waals surface area contributed by atoms with E-state index in [1.54, 1.807) is 27.8 Å². The zero-order valence-corrected chi connectivity index (χ0v) is 15.9. The van der Waals surface area contributed by atoms with Crippen LogP contribution in [0.25, 0.3) is 0 Å². The van der Waals surface area contributed by atoms with Crippen molar-refractivity contribution in [1.29, 1.82) is 0 Å². The Balaban J connectivity index is 1.20. The first-order valence-corrected chi connectivity index (χ1v) is 10.2. The van der Waals surface area contributed by atoms with Gasteiger partial charge in [0.05, 0.1) is 24.8 Å². The van der Waals surface area contributed by atoms with Crippen LogP contribution >= 0.6 is 0 Å². The summed E-state index contributed by atoms with van der Waals surface area (Å²) >= 11 is 0. The number of piperidine rings is 1. The second kappa shape index (κ2) is 7.07. The van der Waals surface area contributed by atoms with Crippen LogP contribution in [-0.2, 0) is 13.1 Å². The largest absolute Gasteiger partial charge is 0.477 e. The van der Waals surface area contributed by atoms with Gasteiger partial charge in [0, 0.05) is 44.6 Å². The van der Waals surface area contributed by atoms with Crippen LogP contribution < -0.4 is 10.3 Å². The van der Waals surface area contributed by atoms with Crippen molar-refractivity contribution in [3.05, 3.63) is 40.2 Å². The molecule has 2 aromatic heterocycles. The molecule has 1 saturated heterocycles. The Labute approximate surface area is 163 Å². The van der Waals surface area contributed by atoms with E-state index in [0.29, 0.717) is 49.5 Å². The molecule has 0 unspecified atom stereocenters. The minimum absolute atomic E-state index is 0.00535. The first kappa shape index (κ1) is 17.5. The summed E-state index contributed by atoms with van der Waals surface area (Å²) in [6.45, 7) is 3.49. The van der Waals surface area contributed by atoms with E-state index in [4.69, 9.17) is 4.74 Å². The zero-order chi connectivity index (χ0) is 19.1. The van der Waals surface area contributed by atoms with Crippen molar-refractivity contribution in [3.8, 4) is 5.88 Å². The average molecular weight is 383 g/mol. The quantitative estimate of drug-likeness (QED) is 0.802. The number of rotatable bonds is 4. The molecule has 28 heavy (non-hydrogen) atoms. The van der Waals surface area contributed by atoms with Gasteiger partial charge in [0.1, 0.15) is 5.56 Å². The number of aryl methyl sites for hydroxylation is 1. The third-order valence-electron chi connectivity index (χ3n) is 6.03. The standard InChI is InChI=1S/C20H25N5O3/c26-18-10-17(15-2-3-15)21-13-24(18)12-14-4-7-23(8-5-14)19(27)16-11-22-25-6-1-9-28-20(16)25/h10-11,13-15H,1-9,12H2. The highest BCUT2D eigenvalue weighted by molar-refractivity contribution is 5.96. The maximum atomic E-state index is 12.9. The van der Waals surface area contributed by atoms with Gasteiger partial charge in [-0.1, -0.05) is 0 Å². The van der Waals surface area contributed by atoms with Crippen molar-refractivity contribution < 1.29 is 9.53 Å². The van der Waals surface area contributed by atoms with E-state index in [0.717, 1.165) is 44.3 Å². The molecule has 2 fully saturated rings. The molecule has 1 aliphatic carbocycles. The summed E-state index contributed by atoms with van der Waals surface area (Å²) < 4.78 is 9.15. The molecule has 8 heteroatoms. The molecule has 5 rings (SSSR count). The molecule has 0 aromatic carbocycles. The Bertz CT molecular complexity index is 938. The molecule has 0 radical (unpaired) electrons. The summed E-state index contributed by atoms with van der Waals surface area (Å²) in [5, 5.41) is 4.28. The van der Waals surface area contributed by atoms with Crippen molar-refractivity contribution in [2.45, 2.75) is 51.1 Å². The highest BCUT2D eigenvalue weighted by Gasteiger charge is 2.29. The van der Waals surface area contributed by atoms with E-state index in [2.05, 4.69) is 10.1 Å². The van der Waals surface area contributed by atoms with Crippen molar-refractivity contribution in [2.75, 3.05) is 19.7 Å². The molecule has 0 bridgehead atoms. The van der Waals surface area contributed by atoms with Gasteiger partial charge in [0.2, 0.25) is 5.88 Å². The molecule has 1 amide bonds. The molecule has 1 saturated carbocycles. The molecule has 2 aromatic rings. The summed E-state index contributed by atoms with van der Waals surface area (Å²) in [6, 6.07) is 1.69. The number of aromatic nitrogens is 4. The second-order valence-corrected chi connectivity index (χ2v) is 8.10. The zero-order valence-electron chi connectivity index (χ0n) is 15.9. The number of fused-ring (bicyclic) bond motifs is 1. The summed E-state index contributed by atoms with van der Waals surface area (Å²) in [5.74, 6) is 1.48. The molecule has 4 heterocycles. The number of likely N-dealkylation sites (tertiary alicyclic amines) is 1. The highest BCUT2D eigenvalue weighted by atomic mass is 16.5. The predicted molar refractivity (Wildman–Crippen MR) is 101 cm³/mol. The SMILES string of the molecule is O=C(c1cnn2c1OCCC2)N1CCC(Cn2cnc(C3CC3)cc2=O)CC1. The fourth-order valence-electron chi connectivity index (χ4n) is 4.16. The number of hydrogen-bond acceptors (Lipinski definition) is 5. The number of nitrogens with zero attached hydrogens (tertiary/aromatic N) is 5. The van der Waals surface area contributed by atoms with Crippen LogP contribution in [0.1, 0.15) is 54.1 Å². The van der Waals surface area contributed by atoms with Gasteiger partial charge < -0.3 is 9.64 Å². The van der Waals surface area contributed by atoms with E-state index in [9.17, 15) is 9.59 Å². The van der Waals surface area contributed by atoms with Crippen LogP contribution in [0.15, 0.2) is 23.4 Å². The van der Waals surface area contributed by atoms with Gasteiger partial charge in [-0.3, -0.25) is 14.2 Å². The maximum Gasteiger partial charge on any atom is 0.260 e. The lowest BCUT2D eigenvalue weighted by Crippen LogP contribution is -2.40. The molecule has 0 atom stereocenters. The Morgan fingerprint density at radius 1 is 1.18 bits per heavy atom. The minimum Gasteiger partial charge on any atom is -0.477 e. The minimum atomic E-state index is -0.00535. The summed E-state index contributed by atoms with van der Waals surface area (Å²) in [5.41, 5.74) is 1.54. The number of carbonyl (C=O) groups excluding carboxylic acids is 1. The van der Waals surface area contributed by atoms with E-state index in [-0.39, 0.29) is 11.5 Å². The van der Waals surface area contributed by atoms with Gasteiger partial charge in [0.25, 0.3) is 11.5 Å². The van der Waals surface area contributed by atoms with Gasteiger partial charge in [-0.05, 0) is 31.6 Å². The third kappa shape index (κ3) is 3.31. The molecular weight excluding hydrogens is 358 g/mol. The van der Waals surface area contributed by atoms with Crippen molar-refractivity contribution in [2.24, 2.45) is 5.92 Å². The van der Waals surface area contributed by atoms with Crippen LogP contribution in [0, 0.1) is 5.92 Å². The molecule has 0 spiro atoms. The monoisotopic (exact) mass is 383 g/mol. The fraction of sp³-hybridized carbons (Fsp3) is 0.600. The van der Waals surface area contributed by atoms with Gasteiger partial charge in [-0.2, -0.15) is 5.10 Å². The van der Waals surface area contributed by atoms with Crippen LogP contribution in [0.2, 0.25) is 0 Å². The van der Waals surface area contributed by atoms with Gasteiger partial charge in [0.15, 0.2) is 0 Å². The molecule has 3 aliphatic rings. The Kier molecular flexibility index (Phi) is 4.41. The average Bonchev–Trinajstić information content (AvgIpc) is 3.48. The number of hydrogen-bond donors (Lipinski definition) is 0. The molecule has 2 aliphatic heterocycles. The number of ether oxygens (including phenoxy) is 1.